The molecule has 3 rings (SSSR count). The van der Waals surface area contributed by atoms with Crippen molar-refractivity contribution in [1.82, 2.24) is 15.2 Å². The van der Waals surface area contributed by atoms with Crippen LogP contribution in [0.2, 0.25) is 0 Å². The number of nitrogens with one attached hydrogen (secondary N) is 1. The molecule has 0 saturated carbocycles. The van der Waals surface area contributed by atoms with Crippen molar-refractivity contribution in [3.8, 4) is 10.6 Å². The van der Waals surface area contributed by atoms with Crippen LogP contribution in [0.1, 0.15) is 28.9 Å². The first-order valence-electron chi connectivity index (χ1n) is 7.81. The number of amides is 2. The fraction of sp³-hybridized carbons (Fsp3) is 0.353. The van der Waals surface area contributed by atoms with Crippen molar-refractivity contribution in [3.63, 3.8) is 0 Å². The number of aromatic nitrogens is 1. The number of likely N-dealkylation sites (tertiary alicyclic amines) is 1. The maximum Gasteiger partial charge on any atom is 0.263 e. The van der Waals surface area contributed by atoms with Crippen LogP contribution in [0.25, 0.3) is 10.6 Å². The molecule has 1 aliphatic rings. The van der Waals surface area contributed by atoms with Crippen LogP contribution in [0, 0.1) is 0 Å². The van der Waals surface area contributed by atoms with Gasteiger partial charge in [0.2, 0.25) is 5.91 Å². The van der Waals surface area contributed by atoms with Crippen molar-refractivity contribution < 1.29 is 9.59 Å². The van der Waals surface area contributed by atoms with E-state index in [4.69, 9.17) is 0 Å². The van der Waals surface area contributed by atoms with Gasteiger partial charge in [0.15, 0.2) is 0 Å². The molecule has 1 aromatic heterocycles. The number of rotatable bonds is 6. The third-order valence-electron chi connectivity index (χ3n) is 3.81. The molecule has 0 atom stereocenters. The molecule has 1 aliphatic heterocycles. The monoisotopic (exact) mass is 329 g/mol. The molecule has 6 heteroatoms. The Morgan fingerprint density at radius 3 is 2.87 bits per heavy atom. The quantitative estimate of drug-likeness (QED) is 0.829. The Labute approximate surface area is 139 Å². The first kappa shape index (κ1) is 15.7. The Morgan fingerprint density at radius 1 is 1.30 bits per heavy atom. The summed E-state index contributed by atoms with van der Waals surface area (Å²) in [5.74, 6) is 0.128. The van der Waals surface area contributed by atoms with Crippen molar-refractivity contribution in [2.24, 2.45) is 0 Å². The zero-order valence-corrected chi connectivity index (χ0v) is 13.6. The lowest BCUT2D eigenvalue weighted by molar-refractivity contribution is -0.127. The van der Waals surface area contributed by atoms with Gasteiger partial charge in [0.1, 0.15) is 9.88 Å². The normalized spacial score (nSPS) is 14.3. The summed E-state index contributed by atoms with van der Waals surface area (Å²) in [6.07, 6.45) is 4.01. The van der Waals surface area contributed by atoms with Crippen molar-refractivity contribution in [1.29, 1.82) is 0 Å². The Balaban J connectivity index is 1.47. The van der Waals surface area contributed by atoms with Gasteiger partial charge in [0.25, 0.3) is 5.91 Å². The van der Waals surface area contributed by atoms with Crippen LogP contribution in [-0.4, -0.2) is 41.3 Å². The van der Waals surface area contributed by atoms with Crippen molar-refractivity contribution in [2.45, 2.75) is 19.3 Å². The van der Waals surface area contributed by atoms with Crippen LogP contribution in [0.5, 0.6) is 0 Å². The summed E-state index contributed by atoms with van der Waals surface area (Å²) in [6, 6.07) is 9.82. The Kier molecular flexibility index (Phi) is 5.02. The number of carbonyl (C=O) groups is 2. The molecule has 0 unspecified atom stereocenters. The predicted octanol–water partition coefficient (Wildman–Crippen LogP) is 2.55. The van der Waals surface area contributed by atoms with E-state index in [1.54, 1.807) is 6.20 Å². The molecular weight excluding hydrogens is 310 g/mol. The summed E-state index contributed by atoms with van der Waals surface area (Å²) >= 11 is 1.39. The minimum atomic E-state index is -0.0996. The van der Waals surface area contributed by atoms with Crippen molar-refractivity contribution in [2.75, 3.05) is 19.6 Å². The third-order valence-corrected chi connectivity index (χ3v) is 4.86. The largest absolute Gasteiger partial charge is 0.351 e. The molecule has 2 amide bonds. The second-order valence-corrected chi connectivity index (χ2v) is 6.52. The molecule has 1 N–H and O–H groups in total. The van der Waals surface area contributed by atoms with Gasteiger partial charge in [-0.05, 0) is 12.8 Å². The summed E-state index contributed by atoms with van der Waals surface area (Å²) < 4.78 is 0. The topological polar surface area (TPSA) is 62.3 Å². The summed E-state index contributed by atoms with van der Waals surface area (Å²) in [5.41, 5.74) is 1.02. The lowest BCUT2D eigenvalue weighted by Crippen LogP contribution is -2.30. The molecule has 23 heavy (non-hydrogen) atoms. The summed E-state index contributed by atoms with van der Waals surface area (Å²) in [4.78, 5) is 30.4. The SMILES string of the molecule is O=C(NCCCN1CCCC1=O)c1cnc(-c2ccccc2)s1. The molecule has 2 aromatic rings. The average Bonchev–Trinajstić information content (AvgIpc) is 3.22. The van der Waals surface area contributed by atoms with Gasteiger partial charge in [-0.2, -0.15) is 0 Å². The number of benzene rings is 1. The highest BCUT2D eigenvalue weighted by atomic mass is 32.1. The molecule has 0 radical (unpaired) electrons. The Morgan fingerprint density at radius 2 is 2.13 bits per heavy atom. The Hall–Kier alpha value is -2.21. The zero-order valence-electron chi connectivity index (χ0n) is 12.8. The van der Waals surface area contributed by atoms with E-state index in [0.717, 1.165) is 36.5 Å². The van der Waals surface area contributed by atoms with E-state index in [0.29, 0.717) is 17.8 Å². The Bertz CT molecular complexity index is 684. The summed E-state index contributed by atoms with van der Waals surface area (Å²) in [6.45, 7) is 2.14. The highest BCUT2D eigenvalue weighted by Gasteiger charge is 2.19. The van der Waals surface area contributed by atoms with E-state index < -0.39 is 0 Å². The van der Waals surface area contributed by atoms with Crippen LogP contribution in [0.3, 0.4) is 0 Å². The number of carbonyl (C=O) groups excluding carboxylic acids is 2. The molecule has 5 nitrogen and oxygen atoms in total. The number of thiazole rings is 1. The van der Waals surface area contributed by atoms with E-state index >= 15 is 0 Å². The van der Waals surface area contributed by atoms with E-state index in [-0.39, 0.29) is 11.8 Å². The van der Waals surface area contributed by atoms with Gasteiger partial charge >= 0.3 is 0 Å². The molecule has 1 saturated heterocycles. The molecular formula is C17H19N3O2S. The molecule has 2 heterocycles. The van der Waals surface area contributed by atoms with Crippen LogP contribution >= 0.6 is 11.3 Å². The highest BCUT2D eigenvalue weighted by molar-refractivity contribution is 7.16. The van der Waals surface area contributed by atoms with Gasteiger partial charge in [-0.15, -0.1) is 11.3 Å². The fourth-order valence-corrected chi connectivity index (χ4v) is 3.43. The maximum absolute atomic E-state index is 12.1. The predicted molar refractivity (Wildman–Crippen MR) is 90.3 cm³/mol. The number of hydrogen-bond acceptors (Lipinski definition) is 4. The van der Waals surface area contributed by atoms with Gasteiger partial charge in [-0.3, -0.25) is 9.59 Å². The van der Waals surface area contributed by atoms with E-state index in [2.05, 4.69) is 10.3 Å². The van der Waals surface area contributed by atoms with Gasteiger partial charge < -0.3 is 10.2 Å². The maximum atomic E-state index is 12.1. The summed E-state index contributed by atoms with van der Waals surface area (Å²) in [7, 11) is 0. The van der Waals surface area contributed by atoms with E-state index in [9.17, 15) is 9.59 Å². The van der Waals surface area contributed by atoms with Gasteiger partial charge in [-0.25, -0.2) is 4.98 Å². The standard InChI is InChI=1S/C17H19N3O2S/c21-15-8-4-10-20(15)11-5-9-18-16(22)14-12-19-17(23-14)13-6-2-1-3-7-13/h1-3,6-7,12H,4-5,8-11H2,(H,18,22). The molecule has 1 fully saturated rings. The van der Waals surface area contributed by atoms with Crippen LogP contribution in [0.4, 0.5) is 0 Å². The van der Waals surface area contributed by atoms with Crippen LogP contribution in [0.15, 0.2) is 36.5 Å². The molecule has 0 aliphatic carbocycles. The average molecular weight is 329 g/mol. The van der Waals surface area contributed by atoms with Gasteiger partial charge in [-0.1, -0.05) is 30.3 Å². The molecule has 0 spiro atoms. The second-order valence-electron chi connectivity index (χ2n) is 5.49. The van der Waals surface area contributed by atoms with Crippen LogP contribution < -0.4 is 5.32 Å². The molecule has 0 bridgehead atoms. The minimum absolute atomic E-state index is 0.0996. The second kappa shape index (κ2) is 7.37. The highest BCUT2D eigenvalue weighted by Crippen LogP contribution is 2.24. The number of hydrogen-bond donors (Lipinski definition) is 1. The van der Waals surface area contributed by atoms with E-state index in [1.165, 1.54) is 11.3 Å². The molecule has 1 aromatic carbocycles. The third kappa shape index (κ3) is 3.96. The fourth-order valence-electron chi connectivity index (χ4n) is 2.59. The first-order chi connectivity index (χ1) is 11.2. The molecule has 120 valence electrons. The van der Waals surface area contributed by atoms with Crippen molar-refractivity contribution in [3.05, 3.63) is 41.4 Å². The van der Waals surface area contributed by atoms with Gasteiger partial charge in [0.05, 0.1) is 6.20 Å². The van der Waals surface area contributed by atoms with Crippen LogP contribution in [-0.2, 0) is 4.79 Å². The zero-order chi connectivity index (χ0) is 16.1. The number of nitrogens with zero attached hydrogens (tertiary/aromatic N) is 2. The summed E-state index contributed by atoms with van der Waals surface area (Å²) in [5, 5.41) is 3.74. The van der Waals surface area contributed by atoms with E-state index in [1.807, 2.05) is 35.2 Å². The lowest BCUT2D eigenvalue weighted by Gasteiger charge is -2.15. The minimum Gasteiger partial charge on any atom is -0.351 e. The first-order valence-corrected chi connectivity index (χ1v) is 8.63. The lowest BCUT2D eigenvalue weighted by atomic mass is 10.2. The smallest absolute Gasteiger partial charge is 0.263 e. The van der Waals surface area contributed by atoms with Gasteiger partial charge in [0, 0.05) is 31.6 Å². The van der Waals surface area contributed by atoms with Crippen molar-refractivity contribution >= 4 is 23.2 Å².